The minimum atomic E-state index is -0.673. The zero-order valence-corrected chi connectivity index (χ0v) is 14.3. The minimum Gasteiger partial charge on any atom is -0.389 e. The van der Waals surface area contributed by atoms with Gasteiger partial charge in [0.2, 0.25) is 17.0 Å². The van der Waals surface area contributed by atoms with E-state index in [2.05, 4.69) is 25.5 Å². The number of aromatic nitrogens is 4. The molecule has 0 bridgehead atoms. The van der Waals surface area contributed by atoms with Crippen LogP contribution in [0.3, 0.4) is 0 Å². The number of piperidine rings is 1. The van der Waals surface area contributed by atoms with Crippen LogP contribution in [0.5, 0.6) is 0 Å². The molecular formula is C13H17N7O2S2. The predicted octanol–water partition coefficient (Wildman–Crippen LogP) is 0.0763. The van der Waals surface area contributed by atoms with Crippen LogP contribution in [0, 0.1) is 0 Å². The van der Waals surface area contributed by atoms with Crippen molar-refractivity contribution in [1.29, 1.82) is 0 Å². The monoisotopic (exact) mass is 367 g/mol. The van der Waals surface area contributed by atoms with E-state index in [-0.39, 0.29) is 24.2 Å². The number of amides is 1. The van der Waals surface area contributed by atoms with Crippen LogP contribution < -0.4 is 11.1 Å². The van der Waals surface area contributed by atoms with Gasteiger partial charge in [0.1, 0.15) is 0 Å². The van der Waals surface area contributed by atoms with Crippen molar-refractivity contribution in [3.8, 4) is 0 Å². The van der Waals surface area contributed by atoms with E-state index in [4.69, 9.17) is 5.73 Å². The van der Waals surface area contributed by atoms with Gasteiger partial charge >= 0.3 is 0 Å². The van der Waals surface area contributed by atoms with Crippen molar-refractivity contribution in [3.05, 3.63) is 18.5 Å². The average molecular weight is 367 g/mol. The fourth-order valence-electron chi connectivity index (χ4n) is 2.36. The molecule has 2 atom stereocenters. The van der Waals surface area contributed by atoms with Crippen LogP contribution >= 0.6 is 23.1 Å². The standard InChI is InChI=1S/C13H17N7O2S2/c14-11-18-19-13(24-11)23-7-10(22)20-5-2-8(9(21)6-20)17-12-15-3-1-4-16-12/h1,3-4,8-9,21H,2,5-7H2,(H2,14,18)(H,15,16,17)/t8-,9-/m1/s1. The minimum absolute atomic E-state index is 0.0396. The number of thioether (sulfide) groups is 1. The summed E-state index contributed by atoms with van der Waals surface area (Å²) in [6, 6.07) is 1.55. The molecule has 24 heavy (non-hydrogen) atoms. The molecule has 1 amide bonds. The second-order valence-electron chi connectivity index (χ2n) is 5.21. The molecule has 1 aliphatic rings. The van der Waals surface area contributed by atoms with Gasteiger partial charge in [0.05, 0.1) is 17.9 Å². The summed E-state index contributed by atoms with van der Waals surface area (Å²) in [4.78, 5) is 22.1. The van der Waals surface area contributed by atoms with Gasteiger partial charge in [0, 0.05) is 25.5 Å². The molecule has 4 N–H and O–H groups in total. The highest BCUT2D eigenvalue weighted by Gasteiger charge is 2.30. The van der Waals surface area contributed by atoms with E-state index >= 15 is 0 Å². The summed E-state index contributed by atoms with van der Waals surface area (Å²) in [5.41, 5.74) is 5.51. The van der Waals surface area contributed by atoms with Crippen LogP contribution in [0.15, 0.2) is 22.8 Å². The number of nitrogens with zero attached hydrogens (tertiary/aromatic N) is 5. The summed E-state index contributed by atoms with van der Waals surface area (Å²) >= 11 is 2.56. The molecule has 3 rings (SSSR count). The second-order valence-corrected chi connectivity index (χ2v) is 7.45. The zero-order valence-electron chi connectivity index (χ0n) is 12.7. The first-order valence-corrected chi connectivity index (χ1v) is 9.13. The topological polar surface area (TPSA) is 130 Å². The van der Waals surface area contributed by atoms with Crippen molar-refractivity contribution in [1.82, 2.24) is 25.1 Å². The molecule has 0 aromatic carbocycles. The molecular weight excluding hydrogens is 350 g/mol. The molecule has 3 heterocycles. The number of rotatable bonds is 5. The number of nitrogens with two attached hydrogens (primary N) is 1. The maximum atomic E-state index is 12.3. The summed E-state index contributed by atoms with van der Waals surface area (Å²) in [5.74, 6) is 0.689. The first kappa shape index (κ1) is 16.9. The van der Waals surface area contributed by atoms with E-state index in [9.17, 15) is 9.90 Å². The molecule has 2 aromatic rings. The lowest BCUT2D eigenvalue weighted by Crippen LogP contribution is -2.52. The lowest BCUT2D eigenvalue weighted by molar-refractivity contribution is -0.131. The van der Waals surface area contributed by atoms with Gasteiger partial charge in [-0.05, 0) is 12.5 Å². The van der Waals surface area contributed by atoms with Crippen LogP contribution in [0.4, 0.5) is 11.1 Å². The molecule has 0 unspecified atom stereocenters. The summed E-state index contributed by atoms with van der Waals surface area (Å²) in [5, 5.41) is 21.4. The zero-order chi connectivity index (χ0) is 16.9. The Balaban J connectivity index is 1.48. The molecule has 0 radical (unpaired) electrons. The van der Waals surface area contributed by atoms with Crippen molar-refractivity contribution in [2.24, 2.45) is 0 Å². The number of hydrogen-bond acceptors (Lipinski definition) is 10. The smallest absolute Gasteiger partial charge is 0.233 e. The lowest BCUT2D eigenvalue weighted by atomic mass is 10.0. The van der Waals surface area contributed by atoms with Crippen molar-refractivity contribution in [3.63, 3.8) is 0 Å². The highest BCUT2D eigenvalue weighted by molar-refractivity contribution is 8.01. The number of β-amino-alcohol motifs (C(OH)–C–C–N with tert-alkyl or cyclic N) is 1. The number of carbonyl (C=O) groups is 1. The molecule has 1 fully saturated rings. The summed E-state index contributed by atoms with van der Waals surface area (Å²) in [6.07, 6.45) is 3.23. The Hall–Kier alpha value is -1.98. The second kappa shape index (κ2) is 7.73. The third-order valence-electron chi connectivity index (χ3n) is 3.56. The fourth-order valence-corrected chi connectivity index (χ4v) is 3.90. The van der Waals surface area contributed by atoms with Crippen LogP contribution in [-0.2, 0) is 4.79 Å². The Kier molecular flexibility index (Phi) is 5.43. The quantitative estimate of drug-likeness (QED) is 0.629. The van der Waals surface area contributed by atoms with Crippen molar-refractivity contribution in [2.45, 2.75) is 22.9 Å². The fraction of sp³-hybridized carbons (Fsp3) is 0.462. The number of carbonyl (C=O) groups excluding carboxylic acids is 1. The highest BCUT2D eigenvalue weighted by Crippen LogP contribution is 2.24. The molecule has 0 saturated carbocycles. The van der Waals surface area contributed by atoms with Gasteiger partial charge in [-0.2, -0.15) is 0 Å². The molecule has 1 aliphatic heterocycles. The van der Waals surface area contributed by atoms with E-state index in [1.165, 1.54) is 23.1 Å². The maximum absolute atomic E-state index is 12.3. The summed E-state index contributed by atoms with van der Waals surface area (Å²) in [6.45, 7) is 0.849. The number of anilines is 2. The highest BCUT2D eigenvalue weighted by atomic mass is 32.2. The van der Waals surface area contributed by atoms with Gasteiger partial charge in [0.25, 0.3) is 0 Å². The summed E-state index contributed by atoms with van der Waals surface area (Å²) < 4.78 is 0.666. The van der Waals surface area contributed by atoms with E-state index in [1.807, 2.05) is 0 Å². The number of hydrogen-bond donors (Lipinski definition) is 3. The van der Waals surface area contributed by atoms with Gasteiger partial charge in [-0.1, -0.05) is 23.1 Å². The lowest BCUT2D eigenvalue weighted by Gasteiger charge is -2.36. The Morgan fingerprint density at radius 1 is 1.46 bits per heavy atom. The van der Waals surface area contributed by atoms with Crippen LogP contribution in [0.2, 0.25) is 0 Å². The van der Waals surface area contributed by atoms with Gasteiger partial charge in [-0.25, -0.2) is 9.97 Å². The Labute approximate surface area is 146 Å². The number of aliphatic hydroxyl groups excluding tert-OH is 1. The van der Waals surface area contributed by atoms with Crippen LogP contribution in [0.25, 0.3) is 0 Å². The van der Waals surface area contributed by atoms with Crippen LogP contribution in [-0.4, -0.2) is 67.1 Å². The molecule has 0 spiro atoms. The molecule has 2 aromatic heterocycles. The molecule has 9 nitrogen and oxygen atoms in total. The van der Waals surface area contributed by atoms with Crippen LogP contribution in [0.1, 0.15) is 6.42 Å². The Morgan fingerprint density at radius 2 is 2.25 bits per heavy atom. The number of nitrogen functional groups attached to an aromatic ring is 1. The number of aliphatic hydroxyl groups is 1. The van der Waals surface area contributed by atoms with Crippen molar-refractivity contribution in [2.75, 3.05) is 29.9 Å². The van der Waals surface area contributed by atoms with Gasteiger partial charge < -0.3 is 21.1 Å². The van der Waals surface area contributed by atoms with Crippen molar-refractivity contribution >= 4 is 40.1 Å². The largest absolute Gasteiger partial charge is 0.389 e. The third-order valence-corrected chi connectivity index (χ3v) is 5.43. The maximum Gasteiger partial charge on any atom is 0.233 e. The van der Waals surface area contributed by atoms with E-state index in [0.717, 1.165) is 0 Å². The molecule has 128 valence electrons. The first-order valence-electron chi connectivity index (χ1n) is 7.33. The average Bonchev–Trinajstić information content (AvgIpc) is 3.01. The van der Waals surface area contributed by atoms with E-state index in [0.29, 0.717) is 28.4 Å². The SMILES string of the molecule is Nc1nnc(SCC(=O)N2CC[C@@H](Nc3ncccn3)[C@H](O)C2)s1. The Bertz CT molecular complexity index is 684. The van der Waals surface area contributed by atoms with E-state index < -0.39 is 6.10 Å². The summed E-state index contributed by atoms with van der Waals surface area (Å²) in [7, 11) is 0. The van der Waals surface area contributed by atoms with Gasteiger partial charge in [-0.15, -0.1) is 10.2 Å². The third kappa shape index (κ3) is 4.30. The van der Waals surface area contributed by atoms with Gasteiger partial charge in [0.15, 0.2) is 4.34 Å². The van der Waals surface area contributed by atoms with Gasteiger partial charge in [-0.3, -0.25) is 4.79 Å². The normalized spacial score (nSPS) is 20.8. The predicted molar refractivity (Wildman–Crippen MR) is 91.7 cm³/mol. The first-order chi connectivity index (χ1) is 11.6. The molecule has 11 heteroatoms. The van der Waals surface area contributed by atoms with E-state index in [1.54, 1.807) is 23.4 Å². The number of nitrogens with one attached hydrogen (secondary N) is 1. The molecule has 1 saturated heterocycles. The Morgan fingerprint density at radius 3 is 2.92 bits per heavy atom. The molecule has 0 aliphatic carbocycles. The number of likely N-dealkylation sites (tertiary alicyclic amines) is 1. The van der Waals surface area contributed by atoms with Crippen molar-refractivity contribution < 1.29 is 9.90 Å².